The first-order valence-electron chi connectivity index (χ1n) is 7.66. The predicted octanol–water partition coefficient (Wildman–Crippen LogP) is 1.71. The van der Waals surface area contributed by atoms with Crippen molar-refractivity contribution in [1.29, 1.82) is 0 Å². The maximum Gasteiger partial charge on any atom is 0.303 e. The molecule has 5 heteroatoms. The number of amides is 1. The third kappa shape index (κ3) is 5.12. The van der Waals surface area contributed by atoms with Crippen molar-refractivity contribution in [3.63, 3.8) is 0 Å². The van der Waals surface area contributed by atoms with Crippen LogP contribution in [0.2, 0.25) is 0 Å². The van der Waals surface area contributed by atoms with Gasteiger partial charge in [0.05, 0.1) is 0 Å². The van der Waals surface area contributed by atoms with E-state index in [-0.39, 0.29) is 24.2 Å². The van der Waals surface area contributed by atoms with Crippen molar-refractivity contribution >= 4 is 11.9 Å². The van der Waals surface area contributed by atoms with E-state index in [1.54, 1.807) is 0 Å². The second kappa shape index (κ2) is 8.25. The molecule has 1 heterocycles. The van der Waals surface area contributed by atoms with Crippen molar-refractivity contribution < 1.29 is 14.7 Å². The van der Waals surface area contributed by atoms with Gasteiger partial charge < -0.3 is 15.7 Å². The SMILES string of the molecule is CC(CCCN)C(=O)N1CCCC(C(C)CC(=O)O)C1. The molecule has 0 spiro atoms. The van der Waals surface area contributed by atoms with Crippen LogP contribution in [0.4, 0.5) is 0 Å². The number of carbonyl (C=O) groups is 2. The van der Waals surface area contributed by atoms with Gasteiger partial charge in [-0.3, -0.25) is 9.59 Å². The summed E-state index contributed by atoms with van der Waals surface area (Å²) in [5.41, 5.74) is 5.48. The first-order chi connectivity index (χ1) is 9.45. The normalized spacial score (nSPS) is 22.4. The summed E-state index contributed by atoms with van der Waals surface area (Å²) < 4.78 is 0. The molecular formula is C15H28N2O3. The number of hydrogen-bond donors (Lipinski definition) is 2. The number of carboxylic acid groups (broad SMARTS) is 1. The van der Waals surface area contributed by atoms with Gasteiger partial charge in [0.1, 0.15) is 0 Å². The number of carboxylic acids is 1. The standard InChI is InChI=1S/C15H28N2O3/c1-11(5-3-7-16)15(20)17-8-4-6-13(10-17)12(2)9-14(18)19/h11-13H,3-10,16H2,1-2H3,(H,18,19). The van der Waals surface area contributed by atoms with Crippen LogP contribution in [0.15, 0.2) is 0 Å². The van der Waals surface area contributed by atoms with Gasteiger partial charge in [0.15, 0.2) is 0 Å². The zero-order valence-electron chi connectivity index (χ0n) is 12.7. The Morgan fingerprint density at radius 3 is 2.70 bits per heavy atom. The summed E-state index contributed by atoms with van der Waals surface area (Å²) in [5, 5.41) is 8.88. The van der Waals surface area contributed by atoms with E-state index < -0.39 is 5.97 Å². The Morgan fingerprint density at radius 1 is 1.40 bits per heavy atom. The average molecular weight is 284 g/mol. The minimum Gasteiger partial charge on any atom is -0.481 e. The highest BCUT2D eigenvalue weighted by molar-refractivity contribution is 5.78. The number of nitrogens with zero attached hydrogens (tertiary/aromatic N) is 1. The van der Waals surface area contributed by atoms with E-state index in [1.165, 1.54) is 0 Å². The Labute approximate surface area is 121 Å². The summed E-state index contributed by atoms with van der Waals surface area (Å²) >= 11 is 0. The van der Waals surface area contributed by atoms with Crippen molar-refractivity contribution in [2.24, 2.45) is 23.5 Å². The first-order valence-corrected chi connectivity index (χ1v) is 7.66. The summed E-state index contributed by atoms with van der Waals surface area (Å²) in [4.78, 5) is 25.1. The number of aliphatic carboxylic acids is 1. The predicted molar refractivity (Wildman–Crippen MR) is 78.2 cm³/mol. The zero-order valence-corrected chi connectivity index (χ0v) is 12.7. The van der Waals surface area contributed by atoms with Crippen LogP contribution in [-0.4, -0.2) is 41.5 Å². The maximum atomic E-state index is 12.4. The lowest BCUT2D eigenvalue weighted by Crippen LogP contribution is -2.44. The lowest BCUT2D eigenvalue weighted by Gasteiger charge is -2.36. The quantitative estimate of drug-likeness (QED) is 0.745. The van der Waals surface area contributed by atoms with Crippen molar-refractivity contribution in [2.45, 2.75) is 46.0 Å². The molecule has 0 aromatic heterocycles. The first kappa shape index (κ1) is 17.0. The van der Waals surface area contributed by atoms with Crippen molar-refractivity contribution in [1.82, 2.24) is 4.90 Å². The average Bonchev–Trinajstić information content (AvgIpc) is 2.43. The lowest BCUT2D eigenvalue weighted by atomic mass is 9.84. The molecular weight excluding hydrogens is 256 g/mol. The molecule has 1 fully saturated rings. The smallest absolute Gasteiger partial charge is 0.303 e. The highest BCUT2D eigenvalue weighted by atomic mass is 16.4. The number of likely N-dealkylation sites (tertiary alicyclic amines) is 1. The topological polar surface area (TPSA) is 83.6 Å². The Kier molecular flexibility index (Phi) is 6.99. The van der Waals surface area contributed by atoms with Crippen LogP contribution >= 0.6 is 0 Å². The molecule has 3 N–H and O–H groups in total. The van der Waals surface area contributed by atoms with Gasteiger partial charge in [-0.1, -0.05) is 13.8 Å². The molecule has 1 aliphatic rings. The number of hydrogen-bond acceptors (Lipinski definition) is 3. The van der Waals surface area contributed by atoms with Crippen LogP contribution in [0.3, 0.4) is 0 Å². The van der Waals surface area contributed by atoms with Gasteiger partial charge >= 0.3 is 5.97 Å². The Hall–Kier alpha value is -1.10. The summed E-state index contributed by atoms with van der Waals surface area (Å²) in [6.07, 6.45) is 3.90. The molecule has 0 saturated carbocycles. The van der Waals surface area contributed by atoms with Gasteiger partial charge in [0, 0.05) is 25.4 Å². The monoisotopic (exact) mass is 284 g/mol. The highest BCUT2D eigenvalue weighted by Gasteiger charge is 2.29. The van der Waals surface area contributed by atoms with Gasteiger partial charge in [0.25, 0.3) is 0 Å². The number of rotatable bonds is 7. The molecule has 20 heavy (non-hydrogen) atoms. The fourth-order valence-corrected chi connectivity index (χ4v) is 2.98. The van der Waals surface area contributed by atoms with Crippen LogP contribution in [0, 0.1) is 17.8 Å². The number of carbonyl (C=O) groups excluding carboxylic acids is 1. The molecule has 0 aromatic rings. The van der Waals surface area contributed by atoms with Crippen molar-refractivity contribution in [3.8, 4) is 0 Å². The van der Waals surface area contributed by atoms with Crippen LogP contribution < -0.4 is 5.73 Å². The van der Waals surface area contributed by atoms with Crippen LogP contribution in [0.1, 0.15) is 46.0 Å². The Morgan fingerprint density at radius 2 is 2.10 bits per heavy atom. The minimum atomic E-state index is -0.753. The number of nitrogens with two attached hydrogens (primary N) is 1. The van der Waals surface area contributed by atoms with Gasteiger partial charge in [-0.15, -0.1) is 0 Å². The fraction of sp³-hybridized carbons (Fsp3) is 0.867. The Balaban J connectivity index is 2.51. The molecule has 1 rings (SSSR count). The van der Waals surface area contributed by atoms with Crippen LogP contribution in [0.25, 0.3) is 0 Å². The molecule has 0 radical (unpaired) electrons. The molecule has 116 valence electrons. The van der Waals surface area contributed by atoms with E-state index in [2.05, 4.69) is 0 Å². The van der Waals surface area contributed by atoms with Crippen LogP contribution in [-0.2, 0) is 9.59 Å². The van der Waals surface area contributed by atoms with Crippen LogP contribution in [0.5, 0.6) is 0 Å². The summed E-state index contributed by atoms with van der Waals surface area (Å²) in [5.74, 6) is -0.0945. The number of piperidine rings is 1. The van der Waals surface area contributed by atoms with Gasteiger partial charge in [-0.05, 0) is 44.1 Å². The van der Waals surface area contributed by atoms with Gasteiger partial charge in [-0.25, -0.2) is 0 Å². The molecule has 3 atom stereocenters. The van der Waals surface area contributed by atoms with E-state index in [0.29, 0.717) is 19.0 Å². The zero-order chi connectivity index (χ0) is 15.1. The minimum absolute atomic E-state index is 0.0204. The molecule has 0 aliphatic carbocycles. The highest BCUT2D eigenvalue weighted by Crippen LogP contribution is 2.27. The van der Waals surface area contributed by atoms with E-state index in [4.69, 9.17) is 10.8 Å². The van der Waals surface area contributed by atoms with Crippen molar-refractivity contribution in [2.75, 3.05) is 19.6 Å². The second-order valence-electron chi connectivity index (χ2n) is 6.09. The van der Waals surface area contributed by atoms with E-state index in [0.717, 1.165) is 32.2 Å². The van der Waals surface area contributed by atoms with Gasteiger partial charge in [-0.2, -0.15) is 0 Å². The summed E-state index contributed by atoms with van der Waals surface area (Å²) in [6, 6.07) is 0. The van der Waals surface area contributed by atoms with E-state index in [1.807, 2.05) is 18.7 Å². The molecule has 1 saturated heterocycles. The summed E-state index contributed by atoms with van der Waals surface area (Å²) in [7, 11) is 0. The largest absolute Gasteiger partial charge is 0.481 e. The lowest BCUT2D eigenvalue weighted by molar-refractivity contribution is -0.139. The fourth-order valence-electron chi connectivity index (χ4n) is 2.98. The molecule has 0 aromatic carbocycles. The maximum absolute atomic E-state index is 12.4. The second-order valence-corrected chi connectivity index (χ2v) is 6.09. The summed E-state index contributed by atoms with van der Waals surface area (Å²) in [6.45, 7) is 6.07. The van der Waals surface area contributed by atoms with E-state index >= 15 is 0 Å². The van der Waals surface area contributed by atoms with Crippen molar-refractivity contribution in [3.05, 3.63) is 0 Å². The molecule has 1 aliphatic heterocycles. The van der Waals surface area contributed by atoms with E-state index in [9.17, 15) is 9.59 Å². The third-order valence-electron chi connectivity index (χ3n) is 4.33. The molecule has 0 bridgehead atoms. The molecule has 3 unspecified atom stereocenters. The third-order valence-corrected chi connectivity index (χ3v) is 4.33. The molecule has 5 nitrogen and oxygen atoms in total. The van der Waals surface area contributed by atoms with Gasteiger partial charge in [0.2, 0.25) is 5.91 Å². The Bertz CT molecular complexity index is 333. The molecule has 1 amide bonds.